The Labute approximate surface area is 102 Å². The summed E-state index contributed by atoms with van der Waals surface area (Å²) in [5.74, 6) is 0.850. The predicted octanol–water partition coefficient (Wildman–Crippen LogP) is 1.40. The molecule has 0 spiro atoms. The van der Waals surface area contributed by atoms with Crippen molar-refractivity contribution in [2.45, 2.75) is 13.8 Å². The van der Waals surface area contributed by atoms with Gasteiger partial charge in [-0.25, -0.2) is 4.98 Å². The van der Waals surface area contributed by atoms with Crippen molar-refractivity contribution in [1.82, 2.24) is 9.88 Å². The summed E-state index contributed by atoms with van der Waals surface area (Å²) >= 11 is 0. The van der Waals surface area contributed by atoms with Crippen molar-refractivity contribution in [3.8, 4) is 6.07 Å². The van der Waals surface area contributed by atoms with Gasteiger partial charge >= 0.3 is 0 Å². The summed E-state index contributed by atoms with van der Waals surface area (Å²) in [4.78, 5) is 9.00. The second-order valence-corrected chi connectivity index (χ2v) is 4.36. The van der Waals surface area contributed by atoms with Gasteiger partial charge < -0.3 is 9.80 Å². The van der Waals surface area contributed by atoms with E-state index in [0.29, 0.717) is 0 Å². The molecule has 4 nitrogen and oxygen atoms in total. The summed E-state index contributed by atoms with van der Waals surface area (Å²) < 4.78 is 0. The highest BCUT2D eigenvalue weighted by Crippen LogP contribution is 2.21. The Morgan fingerprint density at radius 3 is 2.65 bits per heavy atom. The van der Waals surface area contributed by atoms with E-state index in [-0.39, 0.29) is 0 Å². The van der Waals surface area contributed by atoms with Crippen molar-refractivity contribution in [2.75, 3.05) is 37.6 Å². The maximum Gasteiger partial charge on any atom is 0.146 e. The maximum absolute atomic E-state index is 9.20. The summed E-state index contributed by atoms with van der Waals surface area (Å²) in [5.41, 5.74) is 1.73. The monoisotopic (exact) mass is 230 g/mol. The van der Waals surface area contributed by atoms with Crippen LogP contribution in [0.5, 0.6) is 0 Å². The zero-order valence-corrected chi connectivity index (χ0v) is 10.5. The standard InChI is InChI=1S/C13H18N4/c1-3-16-6-8-17(9-7-16)13-12(10-14)11(2)4-5-15-13/h4-5H,3,6-9H2,1-2H3. The van der Waals surface area contributed by atoms with Gasteiger partial charge in [0.15, 0.2) is 0 Å². The minimum absolute atomic E-state index is 0.720. The van der Waals surface area contributed by atoms with E-state index in [1.54, 1.807) is 6.20 Å². The second kappa shape index (κ2) is 5.15. The minimum atomic E-state index is 0.720. The van der Waals surface area contributed by atoms with E-state index in [1.165, 1.54) is 0 Å². The van der Waals surface area contributed by atoms with Gasteiger partial charge in [-0.3, -0.25) is 0 Å². The Kier molecular flexibility index (Phi) is 3.60. The number of nitrogens with zero attached hydrogens (tertiary/aromatic N) is 4. The Bertz CT molecular complexity index is 428. The molecule has 1 aromatic heterocycles. The van der Waals surface area contributed by atoms with Crippen molar-refractivity contribution >= 4 is 5.82 Å². The molecule has 2 heterocycles. The lowest BCUT2D eigenvalue weighted by Gasteiger charge is -2.35. The molecule has 0 N–H and O–H groups in total. The molecule has 17 heavy (non-hydrogen) atoms. The van der Waals surface area contributed by atoms with Crippen molar-refractivity contribution in [3.05, 3.63) is 23.4 Å². The van der Waals surface area contributed by atoms with E-state index in [9.17, 15) is 5.26 Å². The van der Waals surface area contributed by atoms with Crippen LogP contribution in [0.15, 0.2) is 12.3 Å². The summed E-state index contributed by atoms with van der Waals surface area (Å²) in [7, 11) is 0. The SMILES string of the molecule is CCN1CCN(c2nccc(C)c2C#N)CC1. The van der Waals surface area contributed by atoms with Crippen molar-refractivity contribution in [3.63, 3.8) is 0 Å². The zero-order valence-electron chi connectivity index (χ0n) is 10.5. The number of hydrogen-bond acceptors (Lipinski definition) is 4. The van der Waals surface area contributed by atoms with Gasteiger partial charge in [-0.05, 0) is 25.1 Å². The molecule has 0 bridgehead atoms. The van der Waals surface area contributed by atoms with Crippen LogP contribution in [-0.2, 0) is 0 Å². The lowest BCUT2D eigenvalue weighted by Crippen LogP contribution is -2.46. The average molecular weight is 230 g/mol. The fourth-order valence-electron chi connectivity index (χ4n) is 2.20. The molecule has 1 fully saturated rings. The van der Waals surface area contributed by atoms with Gasteiger partial charge in [-0.15, -0.1) is 0 Å². The second-order valence-electron chi connectivity index (χ2n) is 4.36. The summed E-state index contributed by atoms with van der Waals surface area (Å²) in [5, 5.41) is 9.20. The zero-order chi connectivity index (χ0) is 12.3. The highest BCUT2D eigenvalue weighted by atomic mass is 15.3. The first-order valence-corrected chi connectivity index (χ1v) is 6.09. The quantitative estimate of drug-likeness (QED) is 0.770. The van der Waals surface area contributed by atoms with Gasteiger partial charge in [0.1, 0.15) is 11.9 Å². The molecule has 0 saturated carbocycles. The van der Waals surface area contributed by atoms with E-state index >= 15 is 0 Å². The Hall–Kier alpha value is -1.60. The molecule has 0 atom stereocenters. The van der Waals surface area contributed by atoms with Gasteiger partial charge in [0.25, 0.3) is 0 Å². The number of nitriles is 1. The number of likely N-dealkylation sites (N-methyl/N-ethyl adjacent to an activating group) is 1. The predicted molar refractivity (Wildman–Crippen MR) is 68.0 cm³/mol. The molecule has 2 rings (SSSR count). The number of hydrogen-bond donors (Lipinski definition) is 0. The summed E-state index contributed by atoms with van der Waals surface area (Å²) in [6.07, 6.45) is 1.79. The molecule has 0 amide bonds. The van der Waals surface area contributed by atoms with Crippen LogP contribution in [0.1, 0.15) is 18.1 Å². The molecular weight excluding hydrogens is 212 g/mol. The first-order valence-electron chi connectivity index (χ1n) is 6.09. The number of piperazine rings is 1. The van der Waals surface area contributed by atoms with Gasteiger partial charge in [0.05, 0.1) is 5.56 Å². The molecule has 1 saturated heterocycles. The van der Waals surface area contributed by atoms with Crippen LogP contribution in [0.25, 0.3) is 0 Å². The maximum atomic E-state index is 9.20. The third-order valence-electron chi connectivity index (χ3n) is 3.37. The van der Waals surface area contributed by atoms with E-state index < -0.39 is 0 Å². The van der Waals surface area contributed by atoms with Crippen LogP contribution in [0, 0.1) is 18.3 Å². The largest absolute Gasteiger partial charge is 0.353 e. The first-order chi connectivity index (χ1) is 8.26. The number of rotatable bonds is 2. The third kappa shape index (κ3) is 2.40. The van der Waals surface area contributed by atoms with Crippen LogP contribution >= 0.6 is 0 Å². The number of pyridine rings is 1. The highest BCUT2D eigenvalue weighted by molar-refractivity contribution is 5.57. The molecular formula is C13H18N4. The molecule has 1 aliphatic heterocycles. The normalized spacial score (nSPS) is 16.9. The molecule has 90 valence electrons. The van der Waals surface area contributed by atoms with Gasteiger partial charge in [0, 0.05) is 32.4 Å². The first kappa shape index (κ1) is 11.9. The van der Waals surface area contributed by atoms with Gasteiger partial charge in [0.2, 0.25) is 0 Å². The molecule has 0 unspecified atom stereocenters. The van der Waals surface area contributed by atoms with Crippen LogP contribution in [-0.4, -0.2) is 42.6 Å². The van der Waals surface area contributed by atoms with Crippen LogP contribution < -0.4 is 4.90 Å². The van der Waals surface area contributed by atoms with Gasteiger partial charge in [-0.2, -0.15) is 5.26 Å². The van der Waals surface area contributed by atoms with Gasteiger partial charge in [-0.1, -0.05) is 6.92 Å². The fraction of sp³-hybridized carbons (Fsp3) is 0.538. The number of aryl methyl sites for hydroxylation is 1. The highest BCUT2D eigenvalue weighted by Gasteiger charge is 2.19. The van der Waals surface area contributed by atoms with Crippen LogP contribution in [0.4, 0.5) is 5.82 Å². The molecule has 0 aliphatic carbocycles. The lowest BCUT2D eigenvalue weighted by atomic mass is 10.1. The van der Waals surface area contributed by atoms with Crippen molar-refractivity contribution in [2.24, 2.45) is 0 Å². The molecule has 1 aliphatic rings. The molecule has 0 aromatic carbocycles. The molecule has 1 aromatic rings. The van der Waals surface area contributed by atoms with Crippen LogP contribution in [0.3, 0.4) is 0 Å². The van der Waals surface area contributed by atoms with E-state index in [1.807, 2.05) is 13.0 Å². The van der Waals surface area contributed by atoms with Crippen LogP contribution in [0.2, 0.25) is 0 Å². The van der Waals surface area contributed by atoms with Crippen molar-refractivity contribution < 1.29 is 0 Å². The lowest BCUT2D eigenvalue weighted by molar-refractivity contribution is 0.270. The Morgan fingerprint density at radius 2 is 2.06 bits per heavy atom. The average Bonchev–Trinajstić information content (AvgIpc) is 2.38. The van der Waals surface area contributed by atoms with E-state index in [4.69, 9.17) is 0 Å². The Morgan fingerprint density at radius 1 is 1.35 bits per heavy atom. The number of aromatic nitrogens is 1. The third-order valence-corrected chi connectivity index (χ3v) is 3.37. The van der Waals surface area contributed by atoms with Crippen molar-refractivity contribution in [1.29, 1.82) is 5.26 Å². The minimum Gasteiger partial charge on any atom is -0.353 e. The number of anilines is 1. The fourth-order valence-corrected chi connectivity index (χ4v) is 2.20. The molecule has 0 radical (unpaired) electrons. The topological polar surface area (TPSA) is 43.2 Å². The smallest absolute Gasteiger partial charge is 0.146 e. The molecule has 4 heteroatoms. The summed E-state index contributed by atoms with van der Waals surface area (Å²) in [6.45, 7) is 9.26. The Balaban J connectivity index is 2.19. The van der Waals surface area contributed by atoms with E-state index in [2.05, 4.69) is 27.8 Å². The van der Waals surface area contributed by atoms with E-state index in [0.717, 1.165) is 49.7 Å². The summed E-state index contributed by atoms with van der Waals surface area (Å²) in [6, 6.07) is 4.16.